The Balaban J connectivity index is 1.77. The molecule has 136 valence electrons. The van der Waals surface area contributed by atoms with Gasteiger partial charge in [0.1, 0.15) is 10.0 Å². The minimum Gasteiger partial charge on any atom is -0.364 e. The summed E-state index contributed by atoms with van der Waals surface area (Å²) in [6.07, 6.45) is 1.70. The highest BCUT2D eigenvalue weighted by Crippen LogP contribution is 2.23. The lowest BCUT2D eigenvalue weighted by Gasteiger charge is -2.29. The molecule has 0 aliphatic carbocycles. The van der Waals surface area contributed by atoms with Gasteiger partial charge in [0.15, 0.2) is 0 Å². The van der Waals surface area contributed by atoms with Crippen LogP contribution in [0.25, 0.3) is 0 Å². The van der Waals surface area contributed by atoms with Crippen LogP contribution in [0.15, 0.2) is 70.4 Å². The Morgan fingerprint density at radius 1 is 1.08 bits per heavy atom. The van der Waals surface area contributed by atoms with E-state index in [1.165, 1.54) is 16.9 Å². The van der Waals surface area contributed by atoms with Gasteiger partial charge in [-0.05, 0) is 43.0 Å². The number of aromatic nitrogens is 1. The van der Waals surface area contributed by atoms with E-state index in [9.17, 15) is 8.42 Å². The van der Waals surface area contributed by atoms with E-state index in [-0.39, 0.29) is 10.3 Å². The summed E-state index contributed by atoms with van der Waals surface area (Å²) >= 11 is 1.18. The normalized spacial score (nSPS) is 11.5. The van der Waals surface area contributed by atoms with E-state index in [2.05, 4.69) is 40.6 Å². The number of anilines is 2. The molecular weight excluding hydrogens is 366 g/mol. The first-order valence-corrected chi connectivity index (χ1v) is 10.6. The molecule has 0 aliphatic rings. The number of hydrogen-bond acceptors (Lipinski definition) is 5. The second kappa shape index (κ2) is 7.88. The summed E-state index contributed by atoms with van der Waals surface area (Å²) in [5.41, 5.74) is 2.16. The highest BCUT2D eigenvalue weighted by atomic mass is 32.2. The van der Waals surface area contributed by atoms with E-state index in [0.29, 0.717) is 5.82 Å². The molecule has 5 nitrogen and oxygen atoms in total. The Morgan fingerprint density at radius 3 is 2.42 bits per heavy atom. The van der Waals surface area contributed by atoms with Crippen molar-refractivity contribution >= 4 is 32.9 Å². The second-order valence-corrected chi connectivity index (χ2v) is 9.00. The number of hydrogen-bond donors (Lipinski definition) is 1. The first-order valence-electron chi connectivity index (χ1n) is 8.28. The fourth-order valence-electron chi connectivity index (χ4n) is 2.57. The van der Waals surface area contributed by atoms with Gasteiger partial charge < -0.3 is 4.90 Å². The fraction of sp³-hybridized carbons (Fsp3) is 0.211. The third-order valence-electron chi connectivity index (χ3n) is 3.90. The SMILES string of the molecule is CC(C)N(Cc1ccccc1)c1ccc(NS(=O)(=O)c2cccs2)nc1. The Morgan fingerprint density at radius 2 is 1.85 bits per heavy atom. The maximum Gasteiger partial charge on any atom is 0.272 e. The lowest BCUT2D eigenvalue weighted by atomic mass is 10.1. The molecule has 0 fully saturated rings. The van der Waals surface area contributed by atoms with E-state index in [1.807, 2.05) is 24.3 Å². The molecule has 0 saturated carbocycles. The van der Waals surface area contributed by atoms with Crippen LogP contribution in [0.4, 0.5) is 11.5 Å². The van der Waals surface area contributed by atoms with Crippen molar-refractivity contribution in [1.29, 1.82) is 0 Å². The Kier molecular flexibility index (Phi) is 5.58. The summed E-state index contributed by atoms with van der Waals surface area (Å²) in [6.45, 7) is 5.01. The van der Waals surface area contributed by atoms with Gasteiger partial charge in [-0.1, -0.05) is 36.4 Å². The molecule has 2 aromatic heterocycles. The van der Waals surface area contributed by atoms with E-state index in [1.54, 1.807) is 29.8 Å². The molecule has 0 atom stereocenters. The molecule has 1 aromatic carbocycles. The largest absolute Gasteiger partial charge is 0.364 e. The Labute approximate surface area is 158 Å². The summed E-state index contributed by atoms with van der Waals surface area (Å²) < 4.78 is 27.4. The molecule has 0 unspecified atom stereocenters. The predicted molar refractivity (Wildman–Crippen MR) is 107 cm³/mol. The van der Waals surface area contributed by atoms with Crippen molar-refractivity contribution in [2.24, 2.45) is 0 Å². The number of benzene rings is 1. The molecular formula is C19H21N3O2S2. The standard InChI is InChI=1S/C19H21N3O2S2/c1-15(2)22(14-16-7-4-3-5-8-16)17-10-11-18(20-13-17)21-26(23,24)19-9-6-12-25-19/h3-13,15H,14H2,1-2H3,(H,20,21). The van der Waals surface area contributed by atoms with Crippen LogP contribution in [0.1, 0.15) is 19.4 Å². The minimum absolute atomic E-state index is 0.274. The van der Waals surface area contributed by atoms with Crippen LogP contribution in [0, 0.1) is 0 Å². The number of nitrogens with zero attached hydrogens (tertiary/aromatic N) is 2. The summed E-state index contributed by atoms with van der Waals surface area (Å²) in [4.78, 5) is 6.51. The molecule has 1 N–H and O–H groups in total. The Bertz CT molecular complexity index is 923. The van der Waals surface area contributed by atoms with Gasteiger partial charge in [-0.2, -0.15) is 0 Å². The zero-order valence-electron chi connectivity index (χ0n) is 14.7. The van der Waals surface area contributed by atoms with Gasteiger partial charge in [-0.15, -0.1) is 11.3 Å². The molecule has 0 saturated heterocycles. The van der Waals surface area contributed by atoms with Crippen LogP contribution in [0.3, 0.4) is 0 Å². The van der Waals surface area contributed by atoms with E-state index >= 15 is 0 Å². The van der Waals surface area contributed by atoms with Crippen LogP contribution in [-0.4, -0.2) is 19.4 Å². The maximum absolute atomic E-state index is 12.3. The van der Waals surface area contributed by atoms with Crippen molar-refractivity contribution in [1.82, 2.24) is 4.98 Å². The number of nitrogens with one attached hydrogen (secondary N) is 1. The summed E-state index contributed by atoms with van der Waals surface area (Å²) in [5, 5.41) is 1.73. The molecule has 0 aliphatic heterocycles. The van der Waals surface area contributed by atoms with Crippen molar-refractivity contribution < 1.29 is 8.42 Å². The van der Waals surface area contributed by atoms with Gasteiger partial charge in [-0.25, -0.2) is 13.4 Å². The Hall–Kier alpha value is -2.38. The summed E-state index contributed by atoms with van der Waals surface area (Å²) in [6, 6.07) is 17.4. The fourth-order valence-corrected chi connectivity index (χ4v) is 4.57. The monoisotopic (exact) mass is 387 g/mol. The van der Waals surface area contributed by atoms with Gasteiger partial charge in [0.2, 0.25) is 0 Å². The topological polar surface area (TPSA) is 62.3 Å². The van der Waals surface area contributed by atoms with E-state index in [4.69, 9.17) is 0 Å². The second-order valence-electron chi connectivity index (χ2n) is 6.15. The van der Waals surface area contributed by atoms with Crippen LogP contribution >= 0.6 is 11.3 Å². The first-order chi connectivity index (χ1) is 12.5. The summed E-state index contributed by atoms with van der Waals surface area (Å²) in [7, 11) is -3.58. The molecule has 3 aromatic rings. The molecule has 3 rings (SSSR count). The quantitative estimate of drug-likeness (QED) is 0.654. The van der Waals surface area contributed by atoms with Gasteiger partial charge in [0, 0.05) is 12.6 Å². The smallest absolute Gasteiger partial charge is 0.272 e. The summed E-state index contributed by atoms with van der Waals surface area (Å²) in [5.74, 6) is 0.311. The minimum atomic E-state index is -3.58. The number of pyridine rings is 1. The van der Waals surface area contributed by atoms with Gasteiger partial charge in [0.25, 0.3) is 10.0 Å². The van der Waals surface area contributed by atoms with Gasteiger partial charge in [0.05, 0.1) is 11.9 Å². The highest BCUT2D eigenvalue weighted by molar-refractivity contribution is 7.94. The first kappa shape index (κ1) is 18.4. The average molecular weight is 388 g/mol. The van der Waals surface area contributed by atoms with Crippen molar-refractivity contribution in [3.8, 4) is 0 Å². The maximum atomic E-state index is 12.3. The molecule has 0 spiro atoms. The van der Waals surface area contributed by atoms with Crippen LogP contribution in [-0.2, 0) is 16.6 Å². The van der Waals surface area contributed by atoms with Crippen LogP contribution < -0.4 is 9.62 Å². The van der Waals surface area contributed by atoms with E-state index < -0.39 is 10.0 Å². The molecule has 2 heterocycles. The van der Waals surface area contributed by atoms with Crippen molar-refractivity contribution in [3.05, 3.63) is 71.7 Å². The van der Waals surface area contributed by atoms with Crippen LogP contribution in [0.2, 0.25) is 0 Å². The predicted octanol–water partition coefficient (Wildman–Crippen LogP) is 4.36. The zero-order chi connectivity index (χ0) is 18.6. The third kappa shape index (κ3) is 4.42. The number of sulfonamides is 1. The lowest BCUT2D eigenvalue weighted by molar-refractivity contribution is 0.603. The zero-order valence-corrected chi connectivity index (χ0v) is 16.3. The average Bonchev–Trinajstić information content (AvgIpc) is 3.17. The van der Waals surface area contributed by atoms with Crippen molar-refractivity contribution in [2.45, 2.75) is 30.6 Å². The van der Waals surface area contributed by atoms with E-state index in [0.717, 1.165) is 12.2 Å². The van der Waals surface area contributed by atoms with Crippen LogP contribution in [0.5, 0.6) is 0 Å². The molecule has 7 heteroatoms. The van der Waals surface area contributed by atoms with Crippen molar-refractivity contribution in [3.63, 3.8) is 0 Å². The number of rotatable bonds is 7. The van der Waals surface area contributed by atoms with Gasteiger partial charge >= 0.3 is 0 Å². The molecule has 0 bridgehead atoms. The molecule has 0 radical (unpaired) electrons. The highest BCUT2D eigenvalue weighted by Gasteiger charge is 2.17. The molecule has 26 heavy (non-hydrogen) atoms. The number of thiophene rings is 1. The van der Waals surface area contributed by atoms with Crippen molar-refractivity contribution in [2.75, 3.05) is 9.62 Å². The molecule has 0 amide bonds. The third-order valence-corrected chi connectivity index (χ3v) is 6.65. The van der Waals surface area contributed by atoms with Gasteiger partial charge in [-0.3, -0.25) is 4.72 Å². The lowest BCUT2D eigenvalue weighted by Crippen LogP contribution is -2.30.